The van der Waals surface area contributed by atoms with Gasteiger partial charge in [-0.1, -0.05) is 12.1 Å². The van der Waals surface area contributed by atoms with Crippen LogP contribution in [-0.4, -0.2) is 51.3 Å². The number of hydrogen-bond donors (Lipinski definition) is 1. The zero-order chi connectivity index (χ0) is 14.5. The van der Waals surface area contributed by atoms with Crippen LogP contribution in [0.2, 0.25) is 0 Å². The third-order valence-electron chi connectivity index (χ3n) is 3.47. The van der Waals surface area contributed by atoms with Crippen LogP contribution in [0, 0.1) is 6.92 Å². The SMILES string of the molecule is Cc1ccc(CN=C(N)N2CCOCC2)c(N(C)C)c1.I. The Labute approximate surface area is 144 Å². The molecule has 2 N–H and O–H groups in total. The molecule has 5 nitrogen and oxygen atoms in total. The van der Waals surface area contributed by atoms with Gasteiger partial charge in [-0.3, -0.25) is 0 Å². The zero-order valence-electron chi connectivity index (χ0n) is 13.0. The molecule has 0 aliphatic carbocycles. The molecule has 0 atom stereocenters. The Hall–Kier alpha value is -1.02. The number of aliphatic imine (C=N–C) groups is 1. The Bertz CT molecular complexity index is 485. The minimum Gasteiger partial charge on any atom is -0.378 e. The van der Waals surface area contributed by atoms with Crippen molar-refractivity contribution in [2.45, 2.75) is 13.5 Å². The van der Waals surface area contributed by atoms with Gasteiger partial charge in [0.2, 0.25) is 0 Å². The van der Waals surface area contributed by atoms with Crippen LogP contribution in [0.4, 0.5) is 5.69 Å². The normalized spacial score (nSPS) is 15.6. The monoisotopic (exact) mass is 404 g/mol. The van der Waals surface area contributed by atoms with Gasteiger partial charge in [0.25, 0.3) is 0 Å². The van der Waals surface area contributed by atoms with E-state index in [0.29, 0.717) is 12.5 Å². The summed E-state index contributed by atoms with van der Waals surface area (Å²) in [7, 11) is 4.10. The first kappa shape index (κ1) is 18.0. The van der Waals surface area contributed by atoms with Gasteiger partial charge in [-0.2, -0.15) is 0 Å². The molecule has 21 heavy (non-hydrogen) atoms. The minimum atomic E-state index is 0. The van der Waals surface area contributed by atoms with Gasteiger partial charge in [0.15, 0.2) is 5.96 Å². The molecule has 2 rings (SSSR count). The van der Waals surface area contributed by atoms with Crippen LogP contribution in [0.1, 0.15) is 11.1 Å². The van der Waals surface area contributed by atoms with E-state index < -0.39 is 0 Å². The number of nitrogens with two attached hydrogens (primary N) is 1. The molecule has 0 unspecified atom stereocenters. The van der Waals surface area contributed by atoms with E-state index in [-0.39, 0.29) is 24.0 Å². The number of rotatable bonds is 3. The minimum absolute atomic E-state index is 0. The second-order valence-corrected chi connectivity index (χ2v) is 5.30. The Balaban J connectivity index is 0.00000220. The number of morpholine rings is 1. The lowest BCUT2D eigenvalue weighted by atomic mass is 10.1. The van der Waals surface area contributed by atoms with E-state index >= 15 is 0 Å². The molecule has 0 radical (unpaired) electrons. The van der Waals surface area contributed by atoms with Crippen molar-refractivity contribution in [2.24, 2.45) is 10.7 Å². The molecule has 1 aliphatic heterocycles. The van der Waals surface area contributed by atoms with Crippen molar-refractivity contribution in [3.63, 3.8) is 0 Å². The van der Waals surface area contributed by atoms with Gasteiger partial charge in [-0.25, -0.2) is 4.99 Å². The topological polar surface area (TPSA) is 54.1 Å². The third kappa shape index (κ3) is 5.03. The maximum atomic E-state index is 6.06. The lowest BCUT2D eigenvalue weighted by Gasteiger charge is -2.27. The summed E-state index contributed by atoms with van der Waals surface area (Å²) in [4.78, 5) is 8.72. The third-order valence-corrected chi connectivity index (χ3v) is 3.47. The highest BCUT2D eigenvalue weighted by atomic mass is 127. The fourth-order valence-electron chi connectivity index (χ4n) is 2.28. The Morgan fingerprint density at radius 3 is 2.62 bits per heavy atom. The number of aryl methyl sites for hydroxylation is 1. The molecule has 0 aromatic heterocycles. The van der Waals surface area contributed by atoms with Crippen molar-refractivity contribution in [1.29, 1.82) is 0 Å². The second-order valence-electron chi connectivity index (χ2n) is 5.30. The summed E-state index contributed by atoms with van der Waals surface area (Å²) in [5.41, 5.74) is 9.70. The number of ether oxygens (including phenoxy) is 1. The lowest BCUT2D eigenvalue weighted by molar-refractivity contribution is 0.0674. The van der Waals surface area contributed by atoms with Crippen molar-refractivity contribution in [3.05, 3.63) is 29.3 Å². The summed E-state index contributed by atoms with van der Waals surface area (Å²) in [6, 6.07) is 6.42. The van der Waals surface area contributed by atoms with Crippen molar-refractivity contribution in [3.8, 4) is 0 Å². The molecule has 1 aliphatic rings. The fraction of sp³-hybridized carbons (Fsp3) is 0.533. The highest BCUT2D eigenvalue weighted by molar-refractivity contribution is 14.0. The first-order valence-corrected chi connectivity index (χ1v) is 6.97. The van der Waals surface area contributed by atoms with Gasteiger partial charge in [0.05, 0.1) is 19.8 Å². The van der Waals surface area contributed by atoms with Crippen molar-refractivity contribution in [1.82, 2.24) is 4.90 Å². The molecule has 1 fully saturated rings. The number of guanidine groups is 1. The summed E-state index contributed by atoms with van der Waals surface area (Å²) in [5, 5.41) is 0. The van der Waals surface area contributed by atoms with Crippen LogP contribution in [0.25, 0.3) is 0 Å². The molecule has 1 aromatic carbocycles. The predicted octanol–water partition coefficient (Wildman–Crippen LogP) is 1.83. The molecule has 0 bridgehead atoms. The number of anilines is 1. The van der Waals surface area contributed by atoms with Crippen LogP contribution < -0.4 is 10.6 Å². The number of benzene rings is 1. The molecule has 118 valence electrons. The van der Waals surface area contributed by atoms with Gasteiger partial charge in [-0.15, -0.1) is 24.0 Å². The smallest absolute Gasteiger partial charge is 0.191 e. The first-order valence-electron chi connectivity index (χ1n) is 6.97. The summed E-state index contributed by atoms with van der Waals surface area (Å²) >= 11 is 0. The second kappa shape index (κ2) is 8.43. The van der Waals surface area contributed by atoms with E-state index in [1.807, 2.05) is 14.1 Å². The average Bonchev–Trinajstić information content (AvgIpc) is 2.46. The van der Waals surface area contributed by atoms with Crippen molar-refractivity contribution >= 4 is 35.6 Å². The van der Waals surface area contributed by atoms with E-state index in [1.165, 1.54) is 16.8 Å². The maximum absolute atomic E-state index is 6.06. The Morgan fingerprint density at radius 2 is 2.00 bits per heavy atom. The Kier molecular flexibility index (Phi) is 7.24. The van der Waals surface area contributed by atoms with Crippen LogP contribution in [0.15, 0.2) is 23.2 Å². The number of halogens is 1. The number of nitrogens with zero attached hydrogens (tertiary/aromatic N) is 3. The average molecular weight is 404 g/mol. The van der Waals surface area contributed by atoms with Gasteiger partial charge in [0, 0.05) is 32.9 Å². The predicted molar refractivity (Wildman–Crippen MR) is 98.6 cm³/mol. The summed E-state index contributed by atoms with van der Waals surface area (Å²) < 4.78 is 5.32. The highest BCUT2D eigenvalue weighted by Crippen LogP contribution is 2.21. The molecule has 1 heterocycles. The van der Waals surface area contributed by atoms with E-state index in [4.69, 9.17) is 10.5 Å². The Morgan fingerprint density at radius 1 is 1.33 bits per heavy atom. The van der Waals surface area contributed by atoms with E-state index in [1.54, 1.807) is 0 Å². The zero-order valence-corrected chi connectivity index (χ0v) is 15.3. The van der Waals surface area contributed by atoms with E-state index in [0.717, 1.165) is 26.3 Å². The first-order chi connectivity index (χ1) is 9.58. The molecule has 0 amide bonds. The molecule has 0 saturated carbocycles. The molecular weight excluding hydrogens is 379 g/mol. The fourth-order valence-corrected chi connectivity index (χ4v) is 2.28. The molecule has 6 heteroatoms. The highest BCUT2D eigenvalue weighted by Gasteiger charge is 2.12. The van der Waals surface area contributed by atoms with Gasteiger partial charge in [-0.05, 0) is 24.1 Å². The van der Waals surface area contributed by atoms with Crippen LogP contribution in [-0.2, 0) is 11.3 Å². The van der Waals surface area contributed by atoms with Crippen LogP contribution in [0.5, 0.6) is 0 Å². The molecule has 1 aromatic rings. The van der Waals surface area contributed by atoms with E-state index in [9.17, 15) is 0 Å². The standard InChI is InChI=1S/C15H24N4O.HI/c1-12-4-5-13(14(10-12)18(2)3)11-17-15(16)19-6-8-20-9-7-19;/h4-5,10H,6-9,11H2,1-3H3,(H2,16,17);1H. The van der Waals surface area contributed by atoms with E-state index in [2.05, 4.69) is 39.9 Å². The number of hydrogen-bond acceptors (Lipinski definition) is 3. The van der Waals surface area contributed by atoms with Crippen LogP contribution >= 0.6 is 24.0 Å². The van der Waals surface area contributed by atoms with Crippen molar-refractivity contribution < 1.29 is 4.74 Å². The molecule has 0 spiro atoms. The van der Waals surface area contributed by atoms with Crippen molar-refractivity contribution in [2.75, 3.05) is 45.3 Å². The largest absolute Gasteiger partial charge is 0.378 e. The lowest BCUT2D eigenvalue weighted by Crippen LogP contribution is -2.44. The maximum Gasteiger partial charge on any atom is 0.191 e. The van der Waals surface area contributed by atoms with Crippen LogP contribution in [0.3, 0.4) is 0 Å². The molecular formula is C15H25IN4O. The summed E-state index contributed by atoms with van der Waals surface area (Å²) in [6.45, 7) is 5.81. The van der Waals surface area contributed by atoms with Gasteiger partial charge < -0.3 is 20.3 Å². The summed E-state index contributed by atoms with van der Waals surface area (Å²) in [5.74, 6) is 0.610. The molecule has 1 saturated heterocycles. The van der Waals surface area contributed by atoms with Gasteiger partial charge in [0.1, 0.15) is 0 Å². The quantitative estimate of drug-likeness (QED) is 0.475. The summed E-state index contributed by atoms with van der Waals surface area (Å²) in [6.07, 6.45) is 0. The van der Waals surface area contributed by atoms with Gasteiger partial charge >= 0.3 is 0 Å².